The second-order valence-corrected chi connectivity index (χ2v) is 7.02. The van der Waals surface area contributed by atoms with Crippen LogP contribution in [0.1, 0.15) is 24.0 Å². The lowest BCUT2D eigenvalue weighted by Crippen LogP contribution is -2.24. The molecule has 1 atom stereocenters. The zero-order chi connectivity index (χ0) is 17.9. The average molecular weight is 354 g/mol. The molecule has 5 nitrogen and oxygen atoms in total. The summed E-state index contributed by atoms with van der Waals surface area (Å²) < 4.78 is 17.4. The van der Waals surface area contributed by atoms with E-state index in [1.165, 1.54) is 31.5 Å². The van der Waals surface area contributed by atoms with Gasteiger partial charge < -0.3 is 19.9 Å². The molecule has 1 saturated heterocycles. The molecule has 5 heteroatoms. The number of methoxy groups -OCH3 is 1. The van der Waals surface area contributed by atoms with E-state index in [4.69, 9.17) is 19.9 Å². The third kappa shape index (κ3) is 3.64. The van der Waals surface area contributed by atoms with Gasteiger partial charge in [0.2, 0.25) is 0 Å². The lowest BCUT2D eigenvalue weighted by Gasteiger charge is -2.17. The molecule has 0 bridgehead atoms. The maximum Gasteiger partial charge on any atom is 0.169 e. The molecule has 0 saturated carbocycles. The van der Waals surface area contributed by atoms with Gasteiger partial charge in [-0.05, 0) is 61.8 Å². The van der Waals surface area contributed by atoms with Crippen molar-refractivity contribution in [2.75, 3.05) is 26.7 Å². The molecular formula is C21H26N2O3. The van der Waals surface area contributed by atoms with Gasteiger partial charge in [0.1, 0.15) is 17.6 Å². The number of likely N-dealkylation sites (tertiary alicyclic amines) is 1. The average Bonchev–Trinajstić information content (AvgIpc) is 3.31. The van der Waals surface area contributed by atoms with Gasteiger partial charge in [0, 0.05) is 25.1 Å². The van der Waals surface area contributed by atoms with Crippen molar-refractivity contribution in [3.8, 4) is 23.0 Å². The first-order valence-electron chi connectivity index (χ1n) is 9.32. The molecule has 0 radical (unpaired) electrons. The Balaban J connectivity index is 1.49. The fourth-order valence-corrected chi connectivity index (χ4v) is 3.71. The van der Waals surface area contributed by atoms with Crippen LogP contribution in [0.15, 0.2) is 36.4 Å². The highest BCUT2D eigenvalue weighted by atomic mass is 16.5. The Morgan fingerprint density at radius 1 is 1.12 bits per heavy atom. The Labute approximate surface area is 154 Å². The number of benzene rings is 2. The quantitative estimate of drug-likeness (QED) is 0.862. The summed E-state index contributed by atoms with van der Waals surface area (Å²) in [6, 6.07) is 12.1. The standard InChI is InChI=1S/C21H26N2O3/c1-24-21-10-15(14-23-8-2-3-9-23)4-6-20(21)25-17-5-7-19-16(11-17)12-18(13-22)26-19/h4-7,10-11,18H,2-3,8-9,12-14,22H2,1H3/t18-/m1/s1. The van der Waals surface area contributed by atoms with E-state index in [2.05, 4.69) is 17.0 Å². The highest BCUT2D eigenvalue weighted by Crippen LogP contribution is 2.36. The van der Waals surface area contributed by atoms with E-state index in [-0.39, 0.29) is 6.10 Å². The van der Waals surface area contributed by atoms with Gasteiger partial charge in [0.25, 0.3) is 0 Å². The summed E-state index contributed by atoms with van der Waals surface area (Å²) in [4.78, 5) is 2.48. The van der Waals surface area contributed by atoms with E-state index in [0.717, 1.165) is 41.5 Å². The maximum absolute atomic E-state index is 6.09. The molecule has 2 aliphatic heterocycles. The Morgan fingerprint density at radius 2 is 1.96 bits per heavy atom. The lowest BCUT2D eigenvalue weighted by atomic mass is 10.1. The van der Waals surface area contributed by atoms with Crippen LogP contribution >= 0.6 is 0 Å². The second-order valence-electron chi connectivity index (χ2n) is 7.02. The zero-order valence-corrected chi connectivity index (χ0v) is 15.2. The predicted molar refractivity (Wildman–Crippen MR) is 101 cm³/mol. The van der Waals surface area contributed by atoms with Crippen LogP contribution in [-0.2, 0) is 13.0 Å². The minimum absolute atomic E-state index is 0.0691. The number of nitrogens with zero attached hydrogens (tertiary/aromatic N) is 1. The van der Waals surface area contributed by atoms with E-state index in [9.17, 15) is 0 Å². The van der Waals surface area contributed by atoms with Crippen molar-refractivity contribution >= 4 is 0 Å². The summed E-state index contributed by atoms with van der Waals surface area (Å²) in [7, 11) is 1.68. The second kappa shape index (κ2) is 7.56. The summed E-state index contributed by atoms with van der Waals surface area (Å²) in [5, 5.41) is 0. The molecule has 26 heavy (non-hydrogen) atoms. The fourth-order valence-electron chi connectivity index (χ4n) is 3.71. The van der Waals surface area contributed by atoms with Crippen molar-refractivity contribution in [2.24, 2.45) is 5.73 Å². The van der Waals surface area contributed by atoms with Crippen LogP contribution in [-0.4, -0.2) is 37.7 Å². The molecule has 0 spiro atoms. The minimum atomic E-state index is 0.0691. The smallest absolute Gasteiger partial charge is 0.169 e. The number of ether oxygens (including phenoxy) is 3. The van der Waals surface area contributed by atoms with Crippen LogP contribution < -0.4 is 19.9 Å². The maximum atomic E-state index is 6.09. The van der Waals surface area contributed by atoms with Gasteiger partial charge in [-0.2, -0.15) is 0 Å². The van der Waals surface area contributed by atoms with Crippen LogP contribution in [0.2, 0.25) is 0 Å². The van der Waals surface area contributed by atoms with E-state index >= 15 is 0 Å². The van der Waals surface area contributed by atoms with E-state index < -0.39 is 0 Å². The van der Waals surface area contributed by atoms with Crippen molar-refractivity contribution in [3.63, 3.8) is 0 Å². The van der Waals surface area contributed by atoms with Crippen molar-refractivity contribution in [1.29, 1.82) is 0 Å². The molecule has 2 aromatic carbocycles. The van der Waals surface area contributed by atoms with Crippen LogP contribution in [0.3, 0.4) is 0 Å². The van der Waals surface area contributed by atoms with E-state index in [1.54, 1.807) is 7.11 Å². The molecule has 2 aromatic rings. The van der Waals surface area contributed by atoms with Gasteiger partial charge in [-0.15, -0.1) is 0 Å². The minimum Gasteiger partial charge on any atom is -0.493 e. The highest BCUT2D eigenvalue weighted by molar-refractivity contribution is 5.48. The number of nitrogens with two attached hydrogens (primary N) is 1. The molecule has 138 valence electrons. The van der Waals surface area contributed by atoms with Crippen LogP contribution in [0.25, 0.3) is 0 Å². The monoisotopic (exact) mass is 354 g/mol. The van der Waals surface area contributed by atoms with Crippen molar-refractivity contribution in [2.45, 2.75) is 31.9 Å². The van der Waals surface area contributed by atoms with Gasteiger partial charge in [0.15, 0.2) is 11.5 Å². The van der Waals surface area contributed by atoms with Gasteiger partial charge >= 0.3 is 0 Å². The Morgan fingerprint density at radius 3 is 2.73 bits per heavy atom. The SMILES string of the molecule is COc1cc(CN2CCCC2)ccc1Oc1ccc2c(c1)C[C@H](CN)O2. The first-order valence-corrected chi connectivity index (χ1v) is 9.32. The van der Waals surface area contributed by atoms with Crippen LogP contribution in [0, 0.1) is 0 Å². The predicted octanol–water partition coefficient (Wildman–Crippen LogP) is 3.35. The van der Waals surface area contributed by atoms with Crippen molar-refractivity contribution in [3.05, 3.63) is 47.5 Å². The Hall–Kier alpha value is -2.24. The number of rotatable bonds is 6. The number of fused-ring (bicyclic) bond motifs is 1. The first-order chi connectivity index (χ1) is 12.7. The zero-order valence-electron chi connectivity index (χ0n) is 15.2. The summed E-state index contributed by atoms with van der Waals surface area (Å²) in [6.45, 7) is 3.85. The lowest BCUT2D eigenvalue weighted by molar-refractivity contribution is 0.241. The molecule has 0 amide bonds. The molecule has 2 heterocycles. The van der Waals surface area contributed by atoms with E-state index in [1.807, 2.05) is 24.3 Å². The molecular weight excluding hydrogens is 328 g/mol. The Kier molecular flexibility index (Phi) is 5.00. The van der Waals surface area contributed by atoms with Gasteiger partial charge in [-0.25, -0.2) is 0 Å². The molecule has 0 aliphatic carbocycles. The highest BCUT2D eigenvalue weighted by Gasteiger charge is 2.22. The van der Waals surface area contributed by atoms with Crippen molar-refractivity contribution < 1.29 is 14.2 Å². The summed E-state index contributed by atoms with van der Waals surface area (Å²) in [6.07, 6.45) is 3.49. The molecule has 4 rings (SSSR count). The third-order valence-corrected chi connectivity index (χ3v) is 5.10. The molecule has 0 aromatic heterocycles. The van der Waals surface area contributed by atoms with Crippen LogP contribution in [0.4, 0.5) is 0 Å². The summed E-state index contributed by atoms with van der Waals surface area (Å²) in [5.74, 6) is 3.18. The van der Waals surface area contributed by atoms with Gasteiger partial charge in [0.05, 0.1) is 7.11 Å². The fraction of sp³-hybridized carbons (Fsp3) is 0.429. The Bertz CT molecular complexity index is 772. The molecule has 1 fully saturated rings. The normalized spacial score (nSPS) is 19.2. The molecule has 0 unspecified atom stereocenters. The third-order valence-electron chi connectivity index (χ3n) is 5.10. The summed E-state index contributed by atoms with van der Waals surface area (Å²) >= 11 is 0. The largest absolute Gasteiger partial charge is 0.493 e. The topological polar surface area (TPSA) is 57.0 Å². The molecule has 2 N–H and O–H groups in total. The number of hydrogen-bond acceptors (Lipinski definition) is 5. The first kappa shape index (κ1) is 17.2. The molecule has 2 aliphatic rings. The van der Waals surface area contributed by atoms with Gasteiger partial charge in [-0.1, -0.05) is 6.07 Å². The summed E-state index contributed by atoms with van der Waals surface area (Å²) in [5.41, 5.74) is 8.10. The number of hydrogen-bond donors (Lipinski definition) is 1. The van der Waals surface area contributed by atoms with E-state index in [0.29, 0.717) is 6.54 Å². The van der Waals surface area contributed by atoms with Crippen LogP contribution in [0.5, 0.6) is 23.0 Å². The van der Waals surface area contributed by atoms with Crippen molar-refractivity contribution in [1.82, 2.24) is 4.90 Å². The van der Waals surface area contributed by atoms with Gasteiger partial charge in [-0.3, -0.25) is 4.90 Å².